The smallest absolute Gasteiger partial charge is 0.329 e. The molecule has 1 rings (SSSR count). The van der Waals surface area contributed by atoms with Gasteiger partial charge in [-0.2, -0.15) is 0 Å². The molecule has 0 spiro atoms. The molecule has 0 aliphatic heterocycles. The molecule has 6 nitrogen and oxygen atoms in total. The number of benzene rings is 1. The molecular formula is C21H35ClN2O4. The largest absolute Gasteiger partial charge is 0.496 e. The molecule has 0 aliphatic carbocycles. The summed E-state index contributed by atoms with van der Waals surface area (Å²) in [5.74, 6) is 0.0372. The highest BCUT2D eigenvalue weighted by atomic mass is 35.5. The number of methoxy groups -OCH3 is 1. The van der Waals surface area contributed by atoms with Crippen molar-refractivity contribution in [3.05, 3.63) is 29.3 Å². The third-order valence-electron chi connectivity index (χ3n) is 4.39. The Kier molecular flexibility index (Phi) is 9.99. The molecule has 0 fully saturated rings. The maximum absolute atomic E-state index is 12.8. The predicted octanol–water partition coefficient (Wildman–Crippen LogP) is 3.12. The van der Waals surface area contributed by atoms with Crippen LogP contribution in [0.4, 0.5) is 0 Å². The van der Waals surface area contributed by atoms with E-state index in [0.717, 1.165) is 16.9 Å². The first-order valence-corrected chi connectivity index (χ1v) is 9.26. The Balaban J connectivity index is 0.00000729. The number of carbonyl (C=O) groups excluding carboxylic acids is 2. The first-order chi connectivity index (χ1) is 12.4. The number of nitrogens with two attached hydrogens (primary N) is 1. The van der Waals surface area contributed by atoms with E-state index in [4.69, 9.17) is 15.2 Å². The molecule has 0 saturated heterocycles. The van der Waals surface area contributed by atoms with Crippen LogP contribution in [0, 0.1) is 12.8 Å². The highest BCUT2D eigenvalue weighted by Crippen LogP contribution is 2.22. The van der Waals surface area contributed by atoms with Gasteiger partial charge in [0.15, 0.2) is 0 Å². The first kappa shape index (κ1) is 26.2. The first-order valence-electron chi connectivity index (χ1n) is 9.26. The van der Waals surface area contributed by atoms with Gasteiger partial charge < -0.3 is 20.1 Å². The molecule has 0 bridgehead atoms. The van der Waals surface area contributed by atoms with Gasteiger partial charge >= 0.3 is 5.97 Å². The quantitative estimate of drug-likeness (QED) is 0.693. The summed E-state index contributed by atoms with van der Waals surface area (Å²) in [6.45, 7) is 11.1. The fraction of sp³-hybridized carbons (Fsp3) is 0.619. The van der Waals surface area contributed by atoms with Gasteiger partial charge in [0.05, 0.1) is 13.2 Å². The van der Waals surface area contributed by atoms with Crippen LogP contribution >= 0.6 is 12.4 Å². The van der Waals surface area contributed by atoms with Crippen molar-refractivity contribution >= 4 is 24.3 Å². The lowest BCUT2D eigenvalue weighted by Gasteiger charge is -2.32. The number of aryl methyl sites for hydroxylation is 1. The monoisotopic (exact) mass is 414 g/mol. The second-order valence-corrected chi connectivity index (χ2v) is 8.28. The number of esters is 1. The zero-order valence-corrected chi connectivity index (χ0v) is 19.1. The third-order valence-corrected chi connectivity index (χ3v) is 4.39. The molecule has 28 heavy (non-hydrogen) atoms. The van der Waals surface area contributed by atoms with Crippen LogP contribution in [0.2, 0.25) is 0 Å². The molecule has 1 amide bonds. The number of rotatable bonds is 7. The molecule has 2 atom stereocenters. The van der Waals surface area contributed by atoms with Gasteiger partial charge in [0.2, 0.25) is 5.91 Å². The summed E-state index contributed by atoms with van der Waals surface area (Å²) in [6, 6.07) is 4.28. The van der Waals surface area contributed by atoms with Crippen molar-refractivity contribution in [3.63, 3.8) is 0 Å². The third kappa shape index (κ3) is 7.32. The summed E-state index contributed by atoms with van der Waals surface area (Å²) in [7, 11) is 3.22. The fourth-order valence-electron chi connectivity index (χ4n) is 2.71. The zero-order chi connectivity index (χ0) is 20.9. The molecule has 0 aromatic heterocycles. The van der Waals surface area contributed by atoms with Crippen molar-refractivity contribution < 1.29 is 19.1 Å². The van der Waals surface area contributed by atoms with Crippen LogP contribution in [0.15, 0.2) is 18.2 Å². The number of likely N-dealkylation sites (N-methyl/N-ethyl adjacent to an activating group) is 1. The molecule has 1 aromatic rings. The van der Waals surface area contributed by atoms with E-state index in [2.05, 4.69) is 0 Å². The van der Waals surface area contributed by atoms with E-state index < -0.39 is 23.7 Å². The number of ether oxygens (including phenoxy) is 2. The maximum atomic E-state index is 12.8. The minimum atomic E-state index is -0.755. The normalized spacial score (nSPS) is 13.4. The Labute approximate surface area is 175 Å². The Morgan fingerprint density at radius 3 is 2.21 bits per heavy atom. The van der Waals surface area contributed by atoms with Gasteiger partial charge in [0.1, 0.15) is 17.4 Å². The fourth-order valence-corrected chi connectivity index (χ4v) is 2.71. The molecular weight excluding hydrogens is 380 g/mol. The van der Waals surface area contributed by atoms with Crippen LogP contribution < -0.4 is 10.5 Å². The number of carbonyl (C=O) groups is 2. The van der Waals surface area contributed by atoms with E-state index >= 15 is 0 Å². The highest BCUT2D eigenvalue weighted by molar-refractivity contribution is 5.87. The van der Waals surface area contributed by atoms with Gasteiger partial charge in [-0.3, -0.25) is 4.79 Å². The van der Waals surface area contributed by atoms with E-state index in [1.165, 1.54) is 4.90 Å². The van der Waals surface area contributed by atoms with E-state index in [-0.39, 0.29) is 24.2 Å². The summed E-state index contributed by atoms with van der Waals surface area (Å²) in [4.78, 5) is 27.0. The van der Waals surface area contributed by atoms with Crippen molar-refractivity contribution in [2.75, 3.05) is 14.2 Å². The van der Waals surface area contributed by atoms with Crippen LogP contribution in [-0.4, -0.2) is 48.6 Å². The van der Waals surface area contributed by atoms with Gasteiger partial charge in [-0.25, -0.2) is 4.79 Å². The van der Waals surface area contributed by atoms with Crippen LogP contribution in [0.25, 0.3) is 0 Å². The topological polar surface area (TPSA) is 81.9 Å². The lowest BCUT2D eigenvalue weighted by Crippen LogP contribution is -2.53. The van der Waals surface area contributed by atoms with Gasteiger partial charge in [-0.15, -0.1) is 12.4 Å². The van der Waals surface area contributed by atoms with Crippen LogP contribution in [0.3, 0.4) is 0 Å². The zero-order valence-electron chi connectivity index (χ0n) is 18.2. The molecule has 0 unspecified atom stereocenters. The number of hydrogen-bond acceptors (Lipinski definition) is 5. The average molecular weight is 415 g/mol. The van der Waals surface area contributed by atoms with E-state index in [9.17, 15) is 9.59 Å². The number of nitrogens with zero attached hydrogens (tertiary/aromatic N) is 1. The Morgan fingerprint density at radius 1 is 1.21 bits per heavy atom. The molecule has 7 heteroatoms. The minimum Gasteiger partial charge on any atom is -0.496 e. The van der Waals surface area contributed by atoms with Crippen LogP contribution in [0.5, 0.6) is 5.75 Å². The standard InChI is InChI=1S/C21H34N2O4.ClH/c1-13(2)18(22)19(24)23(7)16(20(25)27-21(4,5)6)12-15-9-10-17(26-8)14(3)11-15;/h9-11,13,16,18H,12,22H2,1-8H3;1H/t16-,18-;/m0./s1. The van der Waals surface area contributed by atoms with E-state index in [1.54, 1.807) is 34.9 Å². The van der Waals surface area contributed by atoms with Crippen molar-refractivity contribution in [2.45, 2.75) is 65.6 Å². The Morgan fingerprint density at radius 2 is 1.79 bits per heavy atom. The van der Waals surface area contributed by atoms with Gasteiger partial charge in [-0.05, 0) is 50.8 Å². The molecule has 1 aromatic carbocycles. The molecule has 0 saturated carbocycles. The highest BCUT2D eigenvalue weighted by Gasteiger charge is 2.34. The Hall–Kier alpha value is -1.79. The van der Waals surface area contributed by atoms with Gasteiger partial charge in [0.25, 0.3) is 0 Å². The summed E-state index contributed by atoms with van der Waals surface area (Å²) in [5, 5.41) is 0. The van der Waals surface area contributed by atoms with Crippen molar-refractivity contribution in [2.24, 2.45) is 11.7 Å². The summed E-state index contributed by atoms with van der Waals surface area (Å²) in [6.07, 6.45) is 0.340. The van der Waals surface area contributed by atoms with Gasteiger partial charge in [0, 0.05) is 13.5 Å². The van der Waals surface area contributed by atoms with E-state index in [1.807, 2.05) is 39.0 Å². The second-order valence-electron chi connectivity index (χ2n) is 8.28. The minimum absolute atomic E-state index is 0. The summed E-state index contributed by atoms with van der Waals surface area (Å²) >= 11 is 0. The molecule has 160 valence electrons. The lowest BCUT2D eigenvalue weighted by atomic mass is 9.99. The van der Waals surface area contributed by atoms with E-state index in [0.29, 0.717) is 6.42 Å². The van der Waals surface area contributed by atoms with Crippen molar-refractivity contribution in [1.82, 2.24) is 4.90 Å². The predicted molar refractivity (Wildman–Crippen MR) is 114 cm³/mol. The summed E-state index contributed by atoms with van der Waals surface area (Å²) < 4.78 is 10.8. The second kappa shape index (κ2) is 10.7. The Bertz CT molecular complexity index is 671. The number of amides is 1. The molecule has 0 aliphatic rings. The molecule has 0 heterocycles. The lowest BCUT2D eigenvalue weighted by molar-refractivity contribution is -0.164. The van der Waals surface area contributed by atoms with Crippen molar-refractivity contribution in [1.29, 1.82) is 0 Å². The SMILES string of the molecule is COc1ccc(C[C@@H](C(=O)OC(C)(C)C)N(C)C(=O)[C@@H](N)C(C)C)cc1C.Cl. The van der Waals surface area contributed by atoms with Crippen LogP contribution in [-0.2, 0) is 20.7 Å². The maximum Gasteiger partial charge on any atom is 0.329 e. The van der Waals surface area contributed by atoms with Crippen molar-refractivity contribution in [3.8, 4) is 5.75 Å². The number of hydrogen-bond donors (Lipinski definition) is 1. The summed E-state index contributed by atoms with van der Waals surface area (Å²) in [5.41, 5.74) is 7.26. The van der Waals surface area contributed by atoms with Crippen LogP contribution in [0.1, 0.15) is 45.7 Å². The number of halogens is 1. The van der Waals surface area contributed by atoms with Gasteiger partial charge in [-0.1, -0.05) is 26.0 Å². The molecule has 0 radical (unpaired) electrons. The average Bonchev–Trinajstić information content (AvgIpc) is 2.56. The molecule has 2 N–H and O–H groups in total.